The molecular formula is C10H17BrO2. The van der Waals surface area contributed by atoms with Gasteiger partial charge in [-0.2, -0.15) is 0 Å². The lowest BCUT2D eigenvalue weighted by atomic mass is 10.2. The highest BCUT2D eigenvalue weighted by Crippen LogP contribution is 2.05. The van der Waals surface area contributed by atoms with Crippen LogP contribution in [0, 0.1) is 5.92 Å². The van der Waals surface area contributed by atoms with Gasteiger partial charge in [-0.1, -0.05) is 42.8 Å². The predicted octanol–water partition coefficient (Wildman–Crippen LogP) is 2.92. The van der Waals surface area contributed by atoms with Crippen LogP contribution in [0.4, 0.5) is 0 Å². The van der Waals surface area contributed by atoms with Crippen LogP contribution >= 0.6 is 15.9 Å². The molecule has 0 aliphatic rings. The summed E-state index contributed by atoms with van der Waals surface area (Å²) in [6, 6.07) is 0. The van der Waals surface area contributed by atoms with Crippen molar-refractivity contribution in [2.75, 3.05) is 11.9 Å². The first-order chi connectivity index (χ1) is 6.11. The molecule has 0 unspecified atom stereocenters. The van der Waals surface area contributed by atoms with Crippen molar-refractivity contribution in [3.63, 3.8) is 0 Å². The molecule has 0 bridgehead atoms. The van der Waals surface area contributed by atoms with Crippen LogP contribution < -0.4 is 0 Å². The summed E-state index contributed by atoms with van der Waals surface area (Å²) >= 11 is 3.26. The van der Waals surface area contributed by atoms with Gasteiger partial charge in [-0.15, -0.1) is 0 Å². The standard InChI is InChI=1S/C10H17BrO2/c1-4-5-9(6-11)10(12)13-7-8(2)3/h5,8H,4,6-7H2,1-3H3. The predicted molar refractivity (Wildman–Crippen MR) is 58.0 cm³/mol. The van der Waals surface area contributed by atoms with Crippen molar-refractivity contribution in [1.29, 1.82) is 0 Å². The second-order valence-corrected chi connectivity index (χ2v) is 3.82. The Kier molecular flexibility index (Phi) is 6.96. The van der Waals surface area contributed by atoms with Crippen LogP contribution in [-0.4, -0.2) is 17.9 Å². The van der Waals surface area contributed by atoms with Crippen molar-refractivity contribution in [2.24, 2.45) is 5.92 Å². The maximum Gasteiger partial charge on any atom is 0.334 e. The summed E-state index contributed by atoms with van der Waals surface area (Å²) in [5.74, 6) is 0.189. The van der Waals surface area contributed by atoms with Crippen LogP contribution in [0.25, 0.3) is 0 Å². The van der Waals surface area contributed by atoms with E-state index in [1.807, 2.05) is 26.8 Å². The summed E-state index contributed by atoms with van der Waals surface area (Å²) < 4.78 is 5.07. The third kappa shape index (κ3) is 5.86. The SMILES string of the molecule is CCC=C(CBr)C(=O)OCC(C)C. The Balaban J connectivity index is 4.00. The summed E-state index contributed by atoms with van der Waals surface area (Å²) in [5.41, 5.74) is 0.711. The van der Waals surface area contributed by atoms with Crippen molar-refractivity contribution in [2.45, 2.75) is 27.2 Å². The highest BCUT2D eigenvalue weighted by Gasteiger charge is 2.09. The largest absolute Gasteiger partial charge is 0.462 e. The quantitative estimate of drug-likeness (QED) is 0.425. The smallest absolute Gasteiger partial charge is 0.334 e. The molecule has 3 heteroatoms. The molecular weight excluding hydrogens is 232 g/mol. The highest BCUT2D eigenvalue weighted by molar-refractivity contribution is 9.09. The molecule has 0 rings (SSSR count). The molecule has 0 radical (unpaired) electrons. The lowest BCUT2D eigenvalue weighted by Crippen LogP contribution is -2.12. The van der Waals surface area contributed by atoms with Gasteiger partial charge in [0.25, 0.3) is 0 Å². The fourth-order valence-electron chi connectivity index (χ4n) is 0.774. The molecule has 0 heterocycles. The van der Waals surface area contributed by atoms with E-state index < -0.39 is 0 Å². The molecule has 0 fully saturated rings. The third-order valence-corrected chi connectivity index (χ3v) is 2.01. The van der Waals surface area contributed by atoms with E-state index in [4.69, 9.17) is 4.74 Å². The van der Waals surface area contributed by atoms with E-state index in [1.54, 1.807) is 0 Å². The van der Waals surface area contributed by atoms with Gasteiger partial charge >= 0.3 is 5.97 Å². The monoisotopic (exact) mass is 248 g/mol. The third-order valence-electron chi connectivity index (χ3n) is 1.40. The van der Waals surface area contributed by atoms with Crippen molar-refractivity contribution < 1.29 is 9.53 Å². The molecule has 0 N–H and O–H groups in total. The molecule has 76 valence electrons. The second-order valence-electron chi connectivity index (χ2n) is 3.26. The van der Waals surface area contributed by atoms with Gasteiger partial charge < -0.3 is 4.74 Å². The molecule has 0 saturated heterocycles. The summed E-state index contributed by atoms with van der Waals surface area (Å²) in [6.45, 7) is 6.53. The first-order valence-electron chi connectivity index (χ1n) is 4.53. The van der Waals surface area contributed by atoms with E-state index >= 15 is 0 Å². The van der Waals surface area contributed by atoms with E-state index in [2.05, 4.69) is 15.9 Å². The van der Waals surface area contributed by atoms with Crippen molar-refractivity contribution in [1.82, 2.24) is 0 Å². The van der Waals surface area contributed by atoms with Crippen LogP contribution in [-0.2, 0) is 9.53 Å². The average Bonchev–Trinajstić information content (AvgIpc) is 2.10. The summed E-state index contributed by atoms with van der Waals surface area (Å²) in [7, 11) is 0. The van der Waals surface area contributed by atoms with Gasteiger partial charge in [0, 0.05) is 10.9 Å². The van der Waals surface area contributed by atoms with Gasteiger partial charge in [-0.25, -0.2) is 4.79 Å². The molecule has 0 spiro atoms. The minimum absolute atomic E-state index is 0.201. The molecule has 2 nitrogen and oxygen atoms in total. The molecule has 0 aromatic rings. The number of alkyl halides is 1. The molecule has 0 saturated carbocycles. The van der Waals surface area contributed by atoms with E-state index in [0.717, 1.165) is 6.42 Å². The Morgan fingerprint density at radius 3 is 2.54 bits per heavy atom. The normalized spacial score (nSPS) is 11.9. The fourth-order valence-corrected chi connectivity index (χ4v) is 1.23. The van der Waals surface area contributed by atoms with E-state index in [9.17, 15) is 4.79 Å². The lowest BCUT2D eigenvalue weighted by molar-refractivity contribution is -0.139. The van der Waals surface area contributed by atoms with Crippen LogP contribution in [0.2, 0.25) is 0 Å². The number of ether oxygens (including phenoxy) is 1. The Morgan fingerprint density at radius 2 is 2.15 bits per heavy atom. The van der Waals surface area contributed by atoms with Gasteiger partial charge in [0.1, 0.15) is 0 Å². The topological polar surface area (TPSA) is 26.3 Å². The zero-order valence-electron chi connectivity index (χ0n) is 8.47. The maximum absolute atomic E-state index is 11.3. The second kappa shape index (κ2) is 7.13. The van der Waals surface area contributed by atoms with Gasteiger partial charge in [0.2, 0.25) is 0 Å². The van der Waals surface area contributed by atoms with Gasteiger partial charge in [0.15, 0.2) is 0 Å². The molecule has 0 atom stereocenters. The summed E-state index contributed by atoms with van der Waals surface area (Å²) in [6.07, 6.45) is 2.75. The van der Waals surface area contributed by atoms with Gasteiger partial charge in [-0.05, 0) is 12.3 Å². The van der Waals surface area contributed by atoms with E-state index in [1.165, 1.54) is 0 Å². The average molecular weight is 249 g/mol. The van der Waals surface area contributed by atoms with Crippen LogP contribution in [0.5, 0.6) is 0 Å². The zero-order chi connectivity index (χ0) is 10.3. The number of hydrogen-bond donors (Lipinski definition) is 0. The molecule has 0 aromatic heterocycles. The first kappa shape index (κ1) is 12.7. The summed E-state index contributed by atoms with van der Waals surface area (Å²) in [4.78, 5) is 11.3. The Hall–Kier alpha value is -0.310. The number of hydrogen-bond acceptors (Lipinski definition) is 2. The number of halogens is 1. The van der Waals surface area contributed by atoms with E-state index in [-0.39, 0.29) is 5.97 Å². The summed E-state index contributed by atoms with van der Waals surface area (Å²) in [5, 5.41) is 0.567. The lowest BCUT2D eigenvalue weighted by Gasteiger charge is -2.07. The van der Waals surface area contributed by atoms with Crippen LogP contribution in [0.3, 0.4) is 0 Å². The van der Waals surface area contributed by atoms with Crippen molar-refractivity contribution >= 4 is 21.9 Å². The van der Waals surface area contributed by atoms with Crippen molar-refractivity contribution in [3.8, 4) is 0 Å². The zero-order valence-corrected chi connectivity index (χ0v) is 10.1. The Morgan fingerprint density at radius 1 is 1.54 bits per heavy atom. The van der Waals surface area contributed by atoms with E-state index in [0.29, 0.717) is 23.4 Å². The van der Waals surface area contributed by atoms with Crippen LogP contribution in [0.1, 0.15) is 27.2 Å². The maximum atomic E-state index is 11.3. The Bertz CT molecular complexity index is 185. The minimum Gasteiger partial charge on any atom is -0.462 e. The minimum atomic E-state index is -0.201. The number of allylic oxidation sites excluding steroid dienone is 1. The highest BCUT2D eigenvalue weighted by atomic mass is 79.9. The number of esters is 1. The molecule has 0 amide bonds. The van der Waals surface area contributed by atoms with Gasteiger partial charge in [0.05, 0.1) is 6.61 Å². The molecule has 0 aromatic carbocycles. The Labute approximate surface area is 88.5 Å². The van der Waals surface area contributed by atoms with Crippen LogP contribution in [0.15, 0.2) is 11.6 Å². The molecule has 13 heavy (non-hydrogen) atoms. The molecule has 0 aliphatic heterocycles. The molecule has 0 aliphatic carbocycles. The number of rotatable bonds is 5. The van der Waals surface area contributed by atoms with Crippen molar-refractivity contribution in [3.05, 3.63) is 11.6 Å². The number of carbonyl (C=O) groups excluding carboxylic acids is 1. The first-order valence-corrected chi connectivity index (χ1v) is 5.66. The fraction of sp³-hybridized carbons (Fsp3) is 0.700. The van der Waals surface area contributed by atoms with Gasteiger partial charge in [-0.3, -0.25) is 0 Å². The number of carbonyl (C=O) groups is 1.